The first-order valence-electron chi connectivity index (χ1n) is 32.4. The van der Waals surface area contributed by atoms with E-state index in [1.807, 2.05) is 36.4 Å². The van der Waals surface area contributed by atoms with E-state index in [0.29, 0.717) is 42.7 Å². The molecule has 2 aromatic heterocycles. The molecule has 10 aromatic rings. The smallest absolute Gasteiger partial charge is 0.204 e. The van der Waals surface area contributed by atoms with Crippen LogP contribution >= 0.6 is 0 Å². The molecule has 1 spiro atoms. The van der Waals surface area contributed by atoms with Crippen LogP contribution in [0, 0.1) is 23.7 Å². The summed E-state index contributed by atoms with van der Waals surface area (Å²) in [6.07, 6.45) is 10.6. The number of allylic oxidation sites excluding steroid dienone is 1. The number of aliphatic hydroxyl groups is 2. The molecule has 8 bridgehead atoms. The molecule has 4 aliphatic heterocycles. The van der Waals surface area contributed by atoms with Gasteiger partial charge in [0.15, 0.2) is 28.5 Å². The molecule has 1 saturated carbocycles. The zero-order chi connectivity index (χ0) is 63.5. The third-order valence-corrected chi connectivity index (χ3v) is 20.0. The number of aromatic amines is 1. The molecule has 468 valence electrons. The number of hydrogen-bond donors (Lipinski definition) is 7. The van der Waals surface area contributed by atoms with Crippen molar-refractivity contribution in [3.8, 4) is 57.3 Å². The third kappa shape index (κ3) is 10.9. The van der Waals surface area contributed by atoms with Crippen LogP contribution in [0.5, 0.6) is 23.0 Å². The van der Waals surface area contributed by atoms with Crippen molar-refractivity contribution in [2.75, 3.05) is 44.9 Å². The summed E-state index contributed by atoms with van der Waals surface area (Å²) in [6, 6.07) is 52.3. The van der Waals surface area contributed by atoms with Gasteiger partial charge in [0.05, 0.1) is 55.7 Å². The van der Waals surface area contributed by atoms with Crippen molar-refractivity contribution in [1.29, 1.82) is 0 Å². The van der Waals surface area contributed by atoms with Gasteiger partial charge in [0.25, 0.3) is 0 Å². The van der Waals surface area contributed by atoms with Crippen LogP contribution in [0.1, 0.15) is 82.7 Å². The predicted molar refractivity (Wildman–Crippen MR) is 370 cm³/mol. The first-order valence-corrected chi connectivity index (χ1v) is 32.4. The Bertz CT molecular complexity index is 4770. The first-order chi connectivity index (χ1) is 45.4. The van der Waals surface area contributed by atoms with Gasteiger partial charge in [0, 0.05) is 60.3 Å². The summed E-state index contributed by atoms with van der Waals surface area (Å²) < 4.78 is 27.7. The number of aliphatic imine (C=N–C) groups is 1. The highest BCUT2D eigenvalue weighted by atomic mass is 16.5. The van der Waals surface area contributed by atoms with E-state index in [0.717, 1.165) is 64.2 Å². The topological polar surface area (TPSA) is 214 Å². The van der Waals surface area contributed by atoms with Gasteiger partial charge < -0.3 is 60.6 Å². The van der Waals surface area contributed by atoms with Crippen molar-refractivity contribution < 1.29 is 33.9 Å². The number of anilines is 1. The lowest BCUT2D eigenvalue weighted by atomic mass is 9.67. The van der Waals surface area contributed by atoms with Gasteiger partial charge in [-0.3, -0.25) is 4.79 Å². The molecule has 9 N–H and O–H groups in total. The molecule has 0 unspecified atom stereocenters. The first kappa shape index (κ1) is 59.3. The molecule has 8 aromatic carbocycles. The van der Waals surface area contributed by atoms with E-state index in [1.54, 1.807) is 30.3 Å². The molecule has 2 fully saturated rings. The Morgan fingerprint density at radius 2 is 1.69 bits per heavy atom. The van der Waals surface area contributed by atoms with Crippen LogP contribution in [0.2, 0.25) is 0 Å². The van der Waals surface area contributed by atoms with Crippen LogP contribution in [0.15, 0.2) is 184 Å². The number of nitrogens with zero attached hydrogens (tertiary/aromatic N) is 2. The number of phenols is 1. The maximum absolute atomic E-state index is 15.4. The fourth-order valence-corrected chi connectivity index (χ4v) is 15.7. The van der Waals surface area contributed by atoms with Gasteiger partial charge in [-0.15, -0.1) is 0 Å². The standard InChI is InChI=1S/C79H74N6O8/c1-3-59-40-63-53-15-9-12-47(34-53)35-56-24-29-65-76(85(32-31-82-65)77(63)83-59)79(42-57-20-18-50-17-19-54-37-51-13-7-8-14-52(51)38-62(54)69(50)64(57)43-79)58-25-21-55(66(39-58)84-78(80)81)36-48(44-86)45-92-73-70(56)72-71(67(89)41-68(93-72)49-22-27-60(87)28-23-49)74(75(73)90-2)91-33-30-61(88)26-16-46-10-5-4-6-11-46/h4-23,25-28,34,37-41,48,56-57,61,64-65,76,82-83,86-88H,3,30-33,35-36,42-45H2,1-2H3,(H4,80,81,84)/b26-16+/t48-,56+,57+,61+,64-,65+,76+,79-/m1/s1. The van der Waals surface area contributed by atoms with Crippen molar-refractivity contribution in [3.63, 3.8) is 0 Å². The summed E-state index contributed by atoms with van der Waals surface area (Å²) in [6.45, 7) is 3.09. The minimum absolute atomic E-state index is 0.0351. The summed E-state index contributed by atoms with van der Waals surface area (Å²) in [5.41, 5.74) is 23.2. The molecule has 14 heteroatoms. The Morgan fingerprint density at radius 1 is 0.860 bits per heavy atom. The SMILES string of the molecule is CCc1cc2c([nH]1)N1CCN[C@H]3C#C[C@@H](Cc4cccc-2c4)c2c(c(OC)c(OCC[C@@H](O)/C=C/c4ccccc4)c4c(=O)cc(-c5ccc(O)cc5)oc24)OC[C@@H](CO)Cc2ccc(cc2N=C(N)N)[C@]2(C[C@@H]4C=Cc5ccc6cc7ccccc7cc6c5[C@@H]4C2)[C@H]31. The molecule has 14 nitrogen and oxygen atoms in total. The van der Waals surface area contributed by atoms with Gasteiger partial charge in [-0.05, 0) is 153 Å². The fourth-order valence-electron chi connectivity index (χ4n) is 15.7. The maximum Gasteiger partial charge on any atom is 0.204 e. The van der Waals surface area contributed by atoms with Crippen molar-refractivity contribution >= 4 is 62.1 Å². The molecular weight excluding hydrogens is 1160 g/mol. The number of piperazine rings is 1. The van der Waals surface area contributed by atoms with Crippen molar-refractivity contribution in [2.24, 2.45) is 28.3 Å². The Balaban J connectivity index is 0.992. The number of aromatic nitrogens is 1. The van der Waals surface area contributed by atoms with E-state index < -0.39 is 34.8 Å². The molecule has 93 heavy (non-hydrogen) atoms. The van der Waals surface area contributed by atoms with Crippen LogP contribution in [-0.2, 0) is 24.7 Å². The van der Waals surface area contributed by atoms with Gasteiger partial charge in [-0.1, -0.05) is 146 Å². The summed E-state index contributed by atoms with van der Waals surface area (Å²) in [5.74, 6) is 8.55. The monoisotopic (exact) mass is 1230 g/mol. The number of hydrogen-bond acceptors (Lipinski definition) is 11. The lowest BCUT2D eigenvalue weighted by Crippen LogP contribution is -2.65. The number of benzene rings is 8. The van der Waals surface area contributed by atoms with E-state index in [4.69, 9.17) is 35.1 Å². The molecule has 6 heterocycles. The number of rotatable bonds is 11. The Labute approximate surface area is 539 Å². The average Bonchev–Trinajstić information content (AvgIpc) is 1.66. The van der Waals surface area contributed by atoms with Gasteiger partial charge >= 0.3 is 0 Å². The maximum atomic E-state index is 15.4. The number of fused-ring (bicyclic) bond motifs is 17. The summed E-state index contributed by atoms with van der Waals surface area (Å²) in [7, 11) is 1.52. The highest BCUT2D eigenvalue weighted by Gasteiger charge is 2.57. The third-order valence-electron chi connectivity index (χ3n) is 20.0. The van der Waals surface area contributed by atoms with Crippen LogP contribution in [0.3, 0.4) is 0 Å². The van der Waals surface area contributed by atoms with Gasteiger partial charge in [0.2, 0.25) is 5.75 Å². The number of H-pyrrole nitrogens is 1. The predicted octanol–water partition coefficient (Wildman–Crippen LogP) is 13.0. The van der Waals surface area contributed by atoms with Crippen LogP contribution < -0.4 is 41.3 Å². The fraction of sp³-hybridized carbons (Fsp3) is 0.266. The van der Waals surface area contributed by atoms with Crippen molar-refractivity contribution in [3.05, 3.63) is 225 Å². The van der Waals surface area contributed by atoms with Crippen molar-refractivity contribution in [2.45, 2.75) is 80.9 Å². The minimum Gasteiger partial charge on any atom is -0.508 e. The molecule has 8 atom stereocenters. The van der Waals surface area contributed by atoms with Gasteiger partial charge in [-0.25, -0.2) is 4.99 Å². The highest BCUT2D eigenvalue weighted by molar-refractivity contribution is 6.01. The number of guanidine groups is 1. The number of aromatic hydroxyl groups is 1. The Kier molecular flexibility index (Phi) is 15.6. The largest absolute Gasteiger partial charge is 0.508 e. The van der Waals surface area contributed by atoms with E-state index in [1.165, 1.54) is 45.8 Å². The zero-order valence-corrected chi connectivity index (χ0v) is 52.1. The van der Waals surface area contributed by atoms with Crippen molar-refractivity contribution in [1.82, 2.24) is 10.3 Å². The normalized spacial score (nSPS) is 21.5. The number of methoxy groups -OCH3 is 1. The number of nitrogens with two attached hydrogens (primary N) is 2. The van der Waals surface area contributed by atoms with E-state index in [2.05, 4.69) is 143 Å². The molecular formula is C79H74N6O8. The molecule has 0 radical (unpaired) electrons. The van der Waals surface area contributed by atoms with E-state index in [-0.39, 0.29) is 89.8 Å². The second kappa shape index (κ2) is 24.5. The lowest BCUT2D eigenvalue weighted by molar-refractivity contribution is 0.156. The van der Waals surface area contributed by atoms with Crippen LogP contribution in [0.25, 0.3) is 67.1 Å². The van der Waals surface area contributed by atoms with Gasteiger partial charge in [-0.2, -0.15) is 0 Å². The quantitative estimate of drug-likeness (QED) is 0.0279. The number of nitrogens with one attached hydrogen (secondary N) is 2. The number of aryl methyl sites for hydroxylation is 1. The average molecular weight is 1240 g/mol. The Hall–Kier alpha value is -10.0. The summed E-state index contributed by atoms with van der Waals surface area (Å²) in [5, 5.41) is 42.5. The minimum atomic E-state index is -0.906. The van der Waals surface area contributed by atoms with Crippen LogP contribution in [-0.4, -0.2) is 84.5 Å². The molecule has 16 rings (SSSR count). The number of ether oxygens (including phenoxy) is 3. The van der Waals surface area contributed by atoms with Crippen LogP contribution in [0.4, 0.5) is 11.5 Å². The molecule has 1 saturated heterocycles. The number of phenolic OH excluding ortho intramolecular Hbond substituents is 1. The summed E-state index contributed by atoms with van der Waals surface area (Å²) >= 11 is 0. The lowest BCUT2D eigenvalue weighted by Gasteiger charge is -2.51. The molecule has 6 aliphatic rings. The second-order valence-corrected chi connectivity index (χ2v) is 25.7. The zero-order valence-electron chi connectivity index (χ0n) is 52.1. The molecule has 2 aliphatic carbocycles. The van der Waals surface area contributed by atoms with Gasteiger partial charge in [0.1, 0.15) is 22.7 Å². The molecule has 0 amide bonds. The second-order valence-electron chi connectivity index (χ2n) is 25.7. The summed E-state index contributed by atoms with van der Waals surface area (Å²) in [4.78, 5) is 27.0. The highest BCUT2D eigenvalue weighted by Crippen LogP contribution is 2.60. The van der Waals surface area contributed by atoms with E-state index in [9.17, 15) is 15.3 Å². The van der Waals surface area contributed by atoms with E-state index >= 15 is 4.79 Å². The Morgan fingerprint density at radius 3 is 2.49 bits per heavy atom. The number of aliphatic hydroxyl groups excluding tert-OH is 2.